The molecule has 1 fully saturated rings. The topological polar surface area (TPSA) is 18.5 Å². The molecule has 1 rings (SSSR count). The Kier molecular flexibility index (Phi) is 5.03. The highest BCUT2D eigenvalue weighted by Crippen LogP contribution is 2.12. The van der Waals surface area contributed by atoms with Crippen LogP contribution in [0, 0.1) is 5.92 Å². The van der Waals surface area contributed by atoms with E-state index in [-0.39, 0.29) is 0 Å². The molecule has 0 spiro atoms. The van der Waals surface area contributed by atoms with E-state index in [4.69, 9.17) is 0 Å². The fraction of sp³-hybridized carbons (Fsp3) is 1.00. The van der Waals surface area contributed by atoms with E-state index < -0.39 is 0 Å². The van der Waals surface area contributed by atoms with Gasteiger partial charge >= 0.3 is 0 Å². The standard InChI is InChI=1S/C12H27N3/c1-10(2)15-8-11(3)6-13-7-12(15)9-14(4)5/h10-13H,6-9H2,1-5H3. The van der Waals surface area contributed by atoms with Gasteiger partial charge in [0.2, 0.25) is 0 Å². The van der Waals surface area contributed by atoms with Gasteiger partial charge in [-0.3, -0.25) is 4.90 Å². The minimum Gasteiger partial charge on any atom is -0.315 e. The highest BCUT2D eigenvalue weighted by Gasteiger charge is 2.25. The molecule has 0 amide bonds. The summed E-state index contributed by atoms with van der Waals surface area (Å²) in [5.74, 6) is 0.763. The van der Waals surface area contributed by atoms with Gasteiger partial charge in [0.1, 0.15) is 0 Å². The van der Waals surface area contributed by atoms with E-state index in [0.29, 0.717) is 12.1 Å². The van der Waals surface area contributed by atoms with E-state index in [1.165, 1.54) is 6.54 Å². The molecule has 3 heteroatoms. The second kappa shape index (κ2) is 5.83. The molecule has 0 aliphatic carbocycles. The minimum atomic E-state index is 0.650. The molecule has 0 bridgehead atoms. The quantitative estimate of drug-likeness (QED) is 0.750. The predicted octanol–water partition coefficient (Wildman–Crippen LogP) is 0.866. The molecule has 0 radical (unpaired) electrons. The van der Waals surface area contributed by atoms with Crippen molar-refractivity contribution in [2.24, 2.45) is 5.92 Å². The number of rotatable bonds is 3. The smallest absolute Gasteiger partial charge is 0.0350 e. The molecule has 1 aliphatic rings. The molecule has 3 nitrogen and oxygen atoms in total. The first-order chi connectivity index (χ1) is 7.00. The van der Waals surface area contributed by atoms with Crippen LogP contribution in [0.5, 0.6) is 0 Å². The predicted molar refractivity (Wildman–Crippen MR) is 66.2 cm³/mol. The lowest BCUT2D eigenvalue weighted by atomic mass is 10.1. The van der Waals surface area contributed by atoms with Crippen molar-refractivity contribution in [3.8, 4) is 0 Å². The first-order valence-corrected chi connectivity index (χ1v) is 6.12. The van der Waals surface area contributed by atoms with E-state index >= 15 is 0 Å². The minimum absolute atomic E-state index is 0.650. The Morgan fingerprint density at radius 1 is 1.33 bits per heavy atom. The Balaban J connectivity index is 2.62. The molecule has 0 aromatic heterocycles. The molecule has 0 aromatic carbocycles. The van der Waals surface area contributed by atoms with Gasteiger partial charge < -0.3 is 10.2 Å². The van der Waals surface area contributed by atoms with Crippen molar-refractivity contribution in [1.29, 1.82) is 0 Å². The van der Waals surface area contributed by atoms with Gasteiger partial charge in [0.15, 0.2) is 0 Å². The van der Waals surface area contributed by atoms with E-state index in [1.54, 1.807) is 0 Å². The van der Waals surface area contributed by atoms with E-state index in [9.17, 15) is 0 Å². The first-order valence-electron chi connectivity index (χ1n) is 6.12. The van der Waals surface area contributed by atoms with Crippen molar-refractivity contribution in [2.45, 2.75) is 32.9 Å². The van der Waals surface area contributed by atoms with Crippen LogP contribution in [0.15, 0.2) is 0 Å². The molecule has 0 aromatic rings. The Hall–Kier alpha value is -0.120. The van der Waals surface area contributed by atoms with Gasteiger partial charge in [0, 0.05) is 31.7 Å². The SMILES string of the molecule is CC1CNCC(CN(C)C)N(C(C)C)C1. The summed E-state index contributed by atoms with van der Waals surface area (Å²) in [5, 5.41) is 3.57. The monoisotopic (exact) mass is 213 g/mol. The second-order valence-electron chi connectivity index (χ2n) is 5.47. The summed E-state index contributed by atoms with van der Waals surface area (Å²) in [7, 11) is 4.32. The Labute approximate surface area is 94.8 Å². The maximum Gasteiger partial charge on any atom is 0.0350 e. The van der Waals surface area contributed by atoms with Crippen molar-refractivity contribution in [3.05, 3.63) is 0 Å². The van der Waals surface area contributed by atoms with Crippen LogP contribution in [0.4, 0.5) is 0 Å². The van der Waals surface area contributed by atoms with Crippen LogP contribution in [0.25, 0.3) is 0 Å². The van der Waals surface area contributed by atoms with Crippen molar-refractivity contribution in [3.63, 3.8) is 0 Å². The Bertz CT molecular complexity index is 180. The third-order valence-electron chi connectivity index (χ3n) is 3.10. The molecule has 90 valence electrons. The third kappa shape index (κ3) is 4.09. The van der Waals surface area contributed by atoms with Crippen molar-refractivity contribution in [2.75, 3.05) is 40.3 Å². The lowest BCUT2D eigenvalue weighted by molar-refractivity contribution is 0.126. The van der Waals surface area contributed by atoms with Gasteiger partial charge in [-0.1, -0.05) is 6.92 Å². The number of nitrogens with zero attached hydrogens (tertiary/aromatic N) is 2. The Morgan fingerprint density at radius 2 is 2.00 bits per heavy atom. The second-order valence-corrected chi connectivity index (χ2v) is 5.47. The molecule has 1 saturated heterocycles. The number of nitrogens with one attached hydrogen (secondary N) is 1. The maximum atomic E-state index is 3.57. The highest BCUT2D eigenvalue weighted by atomic mass is 15.2. The van der Waals surface area contributed by atoms with Crippen molar-refractivity contribution in [1.82, 2.24) is 15.1 Å². The molecule has 2 unspecified atom stereocenters. The molecule has 0 saturated carbocycles. The zero-order valence-electron chi connectivity index (χ0n) is 11.0. The first kappa shape index (κ1) is 12.9. The fourth-order valence-electron chi connectivity index (χ4n) is 2.41. The van der Waals surface area contributed by atoms with Gasteiger partial charge in [-0.15, -0.1) is 0 Å². The van der Waals surface area contributed by atoms with Gasteiger partial charge in [-0.05, 0) is 40.4 Å². The lowest BCUT2D eigenvalue weighted by Gasteiger charge is -2.35. The van der Waals surface area contributed by atoms with Crippen LogP contribution in [0.2, 0.25) is 0 Å². The van der Waals surface area contributed by atoms with E-state index in [0.717, 1.165) is 25.6 Å². The molecule has 1 aliphatic heterocycles. The van der Waals surface area contributed by atoms with Gasteiger partial charge in [-0.2, -0.15) is 0 Å². The number of likely N-dealkylation sites (N-methyl/N-ethyl adjacent to an activating group) is 1. The maximum absolute atomic E-state index is 3.57. The third-order valence-corrected chi connectivity index (χ3v) is 3.10. The van der Waals surface area contributed by atoms with Crippen LogP contribution in [-0.2, 0) is 0 Å². The van der Waals surface area contributed by atoms with Crippen LogP contribution < -0.4 is 5.32 Å². The summed E-state index contributed by atoms with van der Waals surface area (Å²) in [6, 6.07) is 1.31. The summed E-state index contributed by atoms with van der Waals surface area (Å²) in [6.45, 7) is 11.6. The summed E-state index contributed by atoms with van der Waals surface area (Å²) < 4.78 is 0. The zero-order valence-corrected chi connectivity index (χ0v) is 11.0. The molecule has 1 heterocycles. The van der Waals surface area contributed by atoms with Crippen LogP contribution in [0.3, 0.4) is 0 Å². The van der Waals surface area contributed by atoms with E-state index in [2.05, 4.69) is 50.0 Å². The van der Waals surface area contributed by atoms with Crippen molar-refractivity contribution >= 4 is 0 Å². The normalized spacial score (nSPS) is 29.8. The summed E-state index contributed by atoms with van der Waals surface area (Å²) >= 11 is 0. The van der Waals surface area contributed by atoms with Gasteiger partial charge in [0.25, 0.3) is 0 Å². The molecular formula is C12H27N3. The summed E-state index contributed by atoms with van der Waals surface area (Å²) in [4.78, 5) is 4.93. The summed E-state index contributed by atoms with van der Waals surface area (Å²) in [6.07, 6.45) is 0. The fourth-order valence-corrected chi connectivity index (χ4v) is 2.41. The molecule has 2 atom stereocenters. The Morgan fingerprint density at radius 3 is 2.53 bits per heavy atom. The molecule has 15 heavy (non-hydrogen) atoms. The van der Waals surface area contributed by atoms with Gasteiger partial charge in [-0.25, -0.2) is 0 Å². The van der Waals surface area contributed by atoms with Crippen molar-refractivity contribution < 1.29 is 0 Å². The average molecular weight is 213 g/mol. The lowest BCUT2D eigenvalue weighted by Crippen LogP contribution is -2.49. The number of hydrogen-bond acceptors (Lipinski definition) is 3. The number of hydrogen-bond donors (Lipinski definition) is 1. The molecular weight excluding hydrogens is 186 g/mol. The van der Waals surface area contributed by atoms with Crippen LogP contribution >= 0.6 is 0 Å². The van der Waals surface area contributed by atoms with Crippen LogP contribution in [0.1, 0.15) is 20.8 Å². The summed E-state index contributed by atoms with van der Waals surface area (Å²) in [5.41, 5.74) is 0. The largest absolute Gasteiger partial charge is 0.315 e. The average Bonchev–Trinajstić information content (AvgIpc) is 2.27. The van der Waals surface area contributed by atoms with Gasteiger partial charge in [0.05, 0.1) is 0 Å². The van der Waals surface area contributed by atoms with Crippen LogP contribution in [-0.4, -0.2) is 62.2 Å². The molecule has 1 N–H and O–H groups in total. The highest BCUT2D eigenvalue weighted by molar-refractivity contribution is 4.83. The zero-order chi connectivity index (χ0) is 11.4. The van der Waals surface area contributed by atoms with E-state index in [1.807, 2.05) is 0 Å².